The molecule has 2 fully saturated rings. The molecule has 0 aliphatic carbocycles. The highest BCUT2D eigenvalue weighted by molar-refractivity contribution is 5.92. The number of anilines is 1. The van der Waals surface area contributed by atoms with Gasteiger partial charge in [-0.1, -0.05) is 0 Å². The van der Waals surface area contributed by atoms with Crippen molar-refractivity contribution in [3.63, 3.8) is 0 Å². The molecule has 7 heteroatoms. The summed E-state index contributed by atoms with van der Waals surface area (Å²) in [5.74, 6) is -0.00160. The van der Waals surface area contributed by atoms with E-state index in [2.05, 4.69) is 44.8 Å². The van der Waals surface area contributed by atoms with Crippen LogP contribution in [0.2, 0.25) is 0 Å². The highest BCUT2D eigenvalue weighted by Gasteiger charge is 2.36. The van der Waals surface area contributed by atoms with E-state index in [1.54, 1.807) is 18.5 Å². The third-order valence-electron chi connectivity index (χ3n) is 6.21. The van der Waals surface area contributed by atoms with Gasteiger partial charge < -0.3 is 14.7 Å². The SMILES string of the molecule is CN(C)C1CCN(C[C@H]2CN(c3ccc(C#N)c4nccnc34)CC2F)CC1. The lowest BCUT2D eigenvalue weighted by Crippen LogP contribution is -2.44. The molecular formula is C21H27FN6. The van der Waals surface area contributed by atoms with E-state index >= 15 is 0 Å². The molecule has 2 atom stereocenters. The lowest BCUT2D eigenvalue weighted by molar-refractivity contribution is 0.118. The normalized spacial score (nSPS) is 24.2. The molecule has 0 N–H and O–H groups in total. The van der Waals surface area contributed by atoms with E-state index in [0.29, 0.717) is 35.7 Å². The van der Waals surface area contributed by atoms with Gasteiger partial charge in [-0.25, -0.2) is 4.39 Å². The predicted octanol–water partition coefficient (Wildman–Crippen LogP) is 2.30. The van der Waals surface area contributed by atoms with Gasteiger partial charge >= 0.3 is 0 Å². The van der Waals surface area contributed by atoms with Gasteiger partial charge in [-0.05, 0) is 52.2 Å². The van der Waals surface area contributed by atoms with Crippen LogP contribution in [0.4, 0.5) is 10.1 Å². The topological polar surface area (TPSA) is 59.3 Å². The van der Waals surface area contributed by atoms with Gasteiger partial charge in [0, 0.05) is 44.0 Å². The summed E-state index contributed by atoms with van der Waals surface area (Å²) in [6.45, 7) is 3.93. The van der Waals surface area contributed by atoms with Crippen LogP contribution in [0.1, 0.15) is 18.4 Å². The fourth-order valence-corrected chi connectivity index (χ4v) is 4.54. The van der Waals surface area contributed by atoms with Crippen LogP contribution in [-0.2, 0) is 0 Å². The summed E-state index contributed by atoms with van der Waals surface area (Å²) < 4.78 is 14.9. The van der Waals surface area contributed by atoms with E-state index in [4.69, 9.17) is 0 Å². The molecule has 2 saturated heterocycles. The van der Waals surface area contributed by atoms with Crippen molar-refractivity contribution in [1.29, 1.82) is 5.26 Å². The van der Waals surface area contributed by atoms with Crippen molar-refractivity contribution in [3.8, 4) is 6.07 Å². The maximum atomic E-state index is 14.9. The monoisotopic (exact) mass is 382 g/mol. The first kappa shape index (κ1) is 19.0. The Morgan fingerprint density at radius 1 is 1.14 bits per heavy atom. The van der Waals surface area contributed by atoms with Crippen molar-refractivity contribution in [2.45, 2.75) is 25.1 Å². The molecule has 1 aromatic carbocycles. The summed E-state index contributed by atoms with van der Waals surface area (Å²) in [4.78, 5) is 15.5. The smallest absolute Gasteiger partial charge is 0.123 e. The number of benzene rings is 1. The Labute approximate surface area is 165 Å². The van der Waals surface area contributed by atoms with Crippen LogP contribution in [0.15, 0.2) is 24.5 Å². The molecule has 4 rings (SSSR count). The Hall–Kier alpha value is -2.30. The number of piperidine rings is 1. The summed E-state index contributed by atoms with van der Waals surface area (Å²) >= 11 is 0. The van der Waals surface area contributed by atoms with Crippen molar-refractivity contribution in [2.24, 2.45) is 5.92 Å². The molecule has 148 valence electrons. The van der Waals surface area contributed by atoms with Gasteiger partial charge in [0.1, 0.15) is 23.3 Å². The van der Waals surface area contributed by atoms with Crippen LogP contribution in [0.5, 0.6) is 0 Å². The van der Waals surface area contributed by atoms with Crippen LogP contribution < -0.4 is 4.90 Å². The number of halogens is 1. The summed E-state index contributed by atoms with van der Waals surface area (Å²) in [7, 11) is 4.27. The van der Waals surface area contributed by atoms with Gasteiger partial charge in [-0.15, -0.1) is 0 Å². The largest absolute Gasteiger partial charge is 0.366 e. The maximum absolute atomic E-state index is 14.9. The first-order valence-corrected chi connectivity index (χ1v) is 9.98. The molecule has 3 heterocycles. The first-order chi connectivity index (χ1) is 13.6. The van der Waals surface area contributed by atoms with Gasteiger partial charge in [0.15, 0.2) is 0 Å². The summed E-state index contributed by atoms with van der Waals surface area (Å²) in [6, 6.07) is 6.45. The molecule has 6 nitrogen and oxygen atoms in total. The molecule has 0 bridgehead atoms. The van der Waals surface area contributed by atoms with Crippen molar-refractivity contribution >= 4 is 16.7 Å². The van der Waals surface area contributed by atoms with Crippen LogP contribution in [0, 0.1) is 17.2 Å². The van der Waals surface area contributed by atoms with E-state index < -0.39 is 6.17 Å². The molecule has 0 amide bonds. The van der Waals surface area contributed by atoms with E-state index in [9.17, 15) is 9.65 Å². The number of likely N-dealkylation sites (tertiary alicyclic amines) is 1. The van der Waals surface area contributed by atoms with Crippen LogP contribution >= 0.6 is 0 Å². The third kappa shape index (κ3) is 3.67. The lowest BCUT2D eigenvalue weighted by atomic mass is 10.0. The Balaban J connectivity index is 1.46. The number of hydrogen-bond acceptors (Lipinski definition) is 6. The van der Waals surface area contributed by atoms with Crippen LogP contribution in [0.25, 0.3) is 11.0 Å². The van der Waals surface area contributed by atoms with E-state index in [0.717, 1.165) is 38.2 Å². The summed E-state index contributed by atoms with van der Waals surface area (Å²) in [6.07, 6.45) is 4.66. The van der Waals surface area contributed by atoms with Crippen molar-refractivity contribution in [1.82, 2.24) is 19.8 Å². The zero-order valence-electron chi connectivity index (χ0n) is 16.6. The molecule has 1 unspecified atom stereocenters. The van der Waals surface area contributed by atoms with Crippen molar-refractivity contribution in [2.75, 3.05) is 51.7 Å². The van der Waals surface area contributed by atoms with E-state index in [1.807, 2.05) is 6.07 Å². The minimum atomic E-state index is -0.853. The fraction of sp³-hybridized carbons (Fsp3) is 0.571. The third-order valence-corrected chi connectivity index (χ3v) is 6.21. The molecule has 0 radical (unpaired) electrons. The molecule has 2 aromatic rings. The second kappa shape index (κ2) is 7.98. The predicted molar refractivity (Wildman–Crippen MR) is 108 cm³/mol. The molecule has 2 aliphatic heterocycles. The van der Waals surface area contributed by atoms with Gasteiger partial charge in [-0.3, -0.25) is 9.97 Å². The standard InChI is InChI=1S/C21H27FN6/c1-26(2)17-5-9-27(10-6-17)12-16-13-28(14-18(16)22)19-4-3-15(11-23)20-21(19)25-8-7-24-20/h3-4,7-8,16-18H,5-6,9-10,12-14H2,1-2H3/t16-,18?/m0/s1. The molecule has 2 aliphatic rings. The molecular weight excluding hydrogens is 355 g/mol. The van der Waals surface area contributed by atoms with E-state index in [1.165, 1.54) is 0 Å². The summed E-state index contributed by atoms with van der Waals surface area (Å²) in [5, 5.41) is 9.31. The number of aromatic nitrogens is 2. The molecule has 1 aromatic heterocycles. The highest BCUT2D eigenvalue weighted by Crippen LogP contribution is 2.32. The van der Waals surface area contributed by atoms with Gasteiger partial charge in [0.25, 0.3) is 0 Å². The molecule has 28 heavy (non-hydrogen) atoms. The Morgan fingerprint density at radius 2 is 1.86 bits per heavy atom. The van der Waals surface area contributed by atoms with Crippen LogP contribution in [0.3, 0.4) is 0 Å². The quantitative estimate of drug-likeness (QED) is 0.809. The van der Waals surface area contributed by atoms with Gasteiger partial charge in [0.2, 0.25) is 0 Å². The number of hydrogen-bond donors (Lipinski definition) is 0. The van der Waals surface area contributed by atoms with Crippen molar-refractivity contribution < 1.29 is 4.39 Å². The number of alkyl halides is 1. The number of fused-ring (bicyclic) bond motifs is 1. The lowest BCUT2D eigenvalue weighted by Gasteiger charge is -2.36. The van der Waals surface area contributed by atoms with Gasteiger partial charge in [-0.2, -0.15) is 5.26 Å². The Morgan fingerprint density at radius 3 is 2.54 bits per heavy atom. The molecule has 0 saturated carbocycles. The zero-order valence-corrected chi connectivity index (χ0v) is 16.6. The highest BCUT2D eigenvalue weighted by atomic mass is 19.1. The Bertz CT molecular complexity index is 871. The first-order valence-electron chi connectivity index (χ1n) is 9.98. The average molecular weight is 382 g/mol. The average Bonchev–Trinajstić information content (AvgIpc) is 3.07. The number of rotatable bonds is 4. The zero-order chi connectivity index (χ0) is 19.7. The van der Waals surface area contributed by atoms with Crippen molar-refractivity contribution in [3.05, 3.63) is 30.1 Å². The minimum Gasteiger partial charge on any atom is -0.366 e. The summed E-state index contributed by atoms with van der Waals surface area (Å²) in [5.41, 5.74) is 2.65. The Kier molecular flexibility index (Phi) is 5.42. The maximum Gasteiger partial charge on any atom is 0.123 e. The van der Waals surface area contributed by atoms with Crippen LogP contribution in [-0.4, -0.2) is 78.8 Å². The second-order valence-corrected chi connectivity index (χ2v) is 8.17. The fourth-order valence-electron chi connectivity index (χ4n) is 4.54. The number of nitrogens with zero attached hydrogens (tertiary/aromatic N) is 6. The van der Waals surface area contributed by atoms with E-state index in [-0.39, 0.29) is 5.92 Å². The van der Waals surface area contributed by atoms with Gasteiger partial charge in [0.05, 0.1) is 11.3 Å². The second-order valence-electron chi connectivity index (χ2n) is 8.17. The molecule has 0 spiro atoms. The number of nitriles is 1. The minimum absolute atomic E-state index is 0.00160.